The van der Waals surface area contributed by atoms with Crippen LogP contribution in [0.5, 0.6) is 0 Å². The Hall–Kier alpha value is 0.240. The zero-order valence-electron chi connectivity index (χ0n) is 7.16. The molecule has 0 aliphatic carbocycles. The van der Waals surface area contributed by atoms with Crippen LogP contribution in [0.4, 0.5) is 4.39 Å². The summed E-state index contributed by atoms with van der Waals surface area (Å²) in [6.45, 7) is 3.13. The van der Waals surface area contributed by atoms with Crippen molar-refractivity contribution in [3.63, 3.8) is 0 Å². The molecule has 0 aromatic heterocycles. The van der Waals surface area contributed by atoms with Crippen molar-refractivity contribution >= 4 is 9.47 Å². The fourth-order valence-electron chi connectivity index (χ4n) is 1.30. The molecule has 1 fully saturated rings. The zero-order valence-corrected chi connectivity index (χ0v) is 8.31. The van der Waals surface area contributed by atoms with Gasteiger partial charge in [-0.25, -0.2) is 4.39 Å². The molecule has 72 valence electrons. The summed E-state index contributed by atoms with van der Waals surface area (Å²) in [6.07, 6.45) is -2.25. The molecule has 1 rings (SSSR count). The molecule has 0 radical (unpaired) electrons. The van der Waals surface area contributed by atoms with Crippen LogP contribution in [0, 0.1) is 0 Å². The summed E-state index contributed by atoms with van der Waals surface area (Å²) in [7, 11) is 2.04. The van der Waals surface area contributed by atoms with E-state index in [4.69, 9.17) is 9.26 Å². The average Bonchev–Trinajstić information content (AvgIpc) is 2.17. The molecule has 1 aliphatic rings. The van der Waals surface area contributed by atoms with Crippen molar-refractivity contribution in [1.82, 2.24) is 0 Å². The lowest BCUT2D eigenvalue weighted by Gasteiger charge is -2.20. The third-order valence-corrected chi connectivity index (χ3v) is 2.56. The summed E-state index contributed by atoms with van der Waals surface area (Å²) >= 11 is 0. The van der Waals surface area contributed by atoms with Gasteiger partial charge in [0.15, 0.2) is 5.67 Å². The molecule has 0 saturated carbocycles. The predicted octanol–water partition coefficient (Wildman–Crippen LogP) is 0.669. The fraction of sp³-hybridized carbons (Fsp3) is 1.00. The maximum Gasteiger partial charge on any atom is 0.162 e. The molecule has 5 heteroatoms. The highest BCUT2D eigenvalue weighted by atomic mass is 31.0. The lowest BCUT2D eigenvalue weighted by molar-refractivity contribution is -0.00734. The Bertz CT molecular complexity index is 165. The Kier molecular flexibility index (Phi) is 3.05. The molecule has 0 aromatic rings. The van der Waals surface area contributed by atoms with Crippen molar-refractivity contribution in [3.05, 3.63) is 0 Å². The molecular weight excluding hydrogens is 182 g/mol. The normalized spacial score (nSPS) is 48.2. The Morgan fingerprint density at radius 3 is 2.67 bits per heavy atom. The zero-order chi connectivity index (χ0) is 9.35. The van der Waals surface area contributed by atoms with Gasteiger partial charge in [-0.2, -0.15) is 0 Å². The summed E-state index contributed by atoms with van der Waals surface area (Å²) in [5.74, 6) is 0. The van der Waals surface area contributed by atoms with Crippen LogP contribution in [0.15, 0.2) is 0 Å². The smallest absolute Gasteiger partial charge is 0.162 e. The van der Waals surface area contributed by atoms with E-state index in [1.807, 2.05) is 9.47 Å². The van der Waals surface area contributed by atoms with Crippen LogP contribution in [0.1, 0.15) is 13.8 Å². The van der Waals surface area contributed by atoms with Crippen LogP contribution >= 0.6 is 9.47 Å². The molecule has 3 nitrogen and oxygen atoms in total. The van der Waals surface area contributed by atoms with E-state index in [0.717, 1.165) is 0 Å². The van der Waals surface area contributed by atoms with Gasteiger partial charge in [0.25, 0.3) is 0 Å². The topological polar surface area (TPSA) is 38.7 Å². The minimum absolute atomic E-state index is 0.190. The van der Waals surface area contributed by atoms with Crippen molar-refractivity contribution in [1.29, 1.82) is 0 Å². The maximum absolute atomic E-state index is 13.5. The second-order valence-electron chi connectivity index (χ2n) is 3.25. The van der Waals surface area contributed by atoms with Gasteiger partial charge in [-0.05, 0) is 13.8 Å². The Labute approximate surface area is 73.5 Å². The molecule has 1 heterocycles. The molecule has 1 N–H and O–H groups in total. The molecule has 0 spiro atoms. The highest BCUT2D eigenvalue weighted by molar-refractivity contribution is 7.09. The van der Waals surface area contributed by atoms with Gasteiger partial charge in [0.1, 0.15) is 12.2 Å². The van der Waals surface area contributed by atoms with Crippen molar-refractivity contribution in [2.45, 2.75) is 37.8 Å². The quantitative estimate of drug-likeness (QED) is 0.660. The number of aliphatic hydroxyl groups is 1. The van der Waals surface area contributed by atoms with E-state index in [0.29, 0.717) is 0 Å². The second-order valence-corrected chi connectivity index (χ2v) is 3.58. The molecule has 1 saturated heterocycles. The molecular formula is C7H14FO3P. The molecule has 0 bridgehead atoms. The third kappa shape index (κ3) is 1.62. The first-order valence-electron chi connectivity index (χ1n) is 3.84. The SMILES string of the molecule is CC1OC(COP)C(O)C1(C)F. The minimum atomic E-state index is -1.67. The summed E-state index contributed by atoms with van der Waals surface area (Å²) in [5, 5.41) is 9.43. The highest BCUT2D eigenvalue weighted by Gasteiger charge is 2.51. The van der Waals surface area contributed by atoms with Gasteiger partial charge in [0.05, 0.1) is 12.7 Å². The van der Waals surface area contributed by atoms with E-state index in [2.05, 4.69) is 0 Å². The number of rotatable bonds is 2. The Morgan fingerprint density at radius 1 is 1.75 bits per heavy atom. The first-order valence-corrected chi connectivity index (χ1v) is 4.31. The number of ether oxygens (including phenoxy) is 1. The van der Waals surface area contributed by atoms with E-state index >= 15 is 0 Å². The summed E-state index contributed by atoms with van der Waals surface area (Å²) in [5.41, 5.74) is -1.67. The predicted molar refractivity (Wildman–Crippen MR) is 45.5 cm³/mol. The monoisotopic (exact) mass is 196 g/mol. The van der Waals surface area contributed by atoms with Crippen molar-refractivity contribution in [3.8, 4) is 0 Å². The Balaban J connectivity index is 2.63. The van der Waals surface area contributed by atoms with Crippen LogP contribution in [0.25, 0.3) is 0 Å². The standard InChI is InChI=1S/C7H14FO3P/c1-4-7(2,8)6(9)5(11-4)3-10-12/h4-6,9H,3,12H2,1-2H3. The molecule has 0 aromatic carbocycles. The fourth-order valence-corrected chi connectivity index (χ4v) is 1.49. The number of hydrogen-bond acceptors (Lipinski definition) is 3. The van der Waals surface area contributed by atoms with E-state index < -0.39 is 24.0 Å². The van der Waals surface area contributed by atoms with Crippen molar-refractivity contribution in [2.24, 2.45) is 0 Å². The summed E-state index contributed by atoms with van der Waals surface area (Å²) < 4.78 is 23.4. The molecule has 5 atom stereocenters. The first kappa shape index (κ1) is 10.3. The van der Waals surface area contributed by atoms with Gasteiger partial charge >= 0.3 is 0 Å². The van der Waals surface area contributed by atoms with E-state index in [9.17, 15) is 9.50 Å². The van der Waals surface area contributed by atoms with Crippen molar-refractivity contribution in [2.75, 3.05) is 6.61 Å². The van der Waals surface area contributed by atoms with Crippen LogP contribution in [0.2, 0.25) is 0 Å². The first-order chi connectivity index (χ1) is 5.50. The lowest BCUT2D eigenvalue weighted by atomic mass is 9.96. The number of aliphatic hydroxyl groups excluding tert-OH is 1. The largest absolute Gasteiger partial charge is 0.387 e. The molecule has 5 unspecified atom stereocenters. The van der Waals surface area contributed by atoms with E-state index in [1.54, 1.807) is 6.92 Å². The lowest BCUT2D eigenvalue weighted by Crippen LogP contribution is -2.40. The summed E-state index contributed by atoms with van der Waals surface area (Å²) in [6, 6.07) is 0. The molecule has 1 aliphatic heterocycles. The average molecular weight is 196 g/mol. The number of alkyl halides is 1. The van der Waals surface area contributed by atoms with Crippen LogP contribution < -0.4 is 0 Å². The van der Waals surface area contributed by atoms with Gasteiger partial charge < -0.3 is 14.4 Å². The highest BCUT2D eigenvalue weighted by Crippen LogP contribution is 2.34. The second kappa shape index (κ2) is 3.54. The number of hydrogen-bond donors (Lipinski definition) is 1. The molecule has 12 heavy (non-hydrogen) atoms. The third-order valence-electron chi connectivity index (χ3n) is 2.36. The van der Waals surface area contributed by atoms with Gasteiger partial charge in [0, 0.05) is 9.47 Å². The minimum Gasteiger partial charge on any atom is -0.387 e. The van der Waals surface area contributed by atoms with E-state index in [1.165, 1.54) is 6.92 Å². The van der Waals surface area contributed by atoms with Gasteiger partial charge in [0.2, 0.25) is 0 Å². The van der Waals surface area contributed by atoms with Crippen LogP contribution in [-0.4, -0.2) is 35.7 Å². The van der Waals surface area contributed by atoms with Gasteiger partial charge in [-0.3, -0.25) is 0 Å². The van der Waals surface area contributed by atoms with Gasteiger partial charge in [-0.15, -0.1) is 0 Å². The molecule has 0 amide bonds. The number of halogens is 1. The summed E-state index contributed by atoms with van der Waals surface area (Å²) in [4.78, 5) is 0. The van der Waals surface area contributed by atoms with Crippen LogP contribution in [-0.2, 0) is 9.26 Å². The van der Waals surface area contributed by atoms with Crippen LogP contribution in [0.3, 0.4) is 0 Å². The Morgan fingerprint density at radius 2 is 2.33 bits per heavy atom. The van der Waals surface area contributed by atoms with Gasteiger partial charge in [-0.1, -0.05) is 0 Å². The van der Waals surface area contributed by atoms with Crippen molar-refractivity contribution < 1.29 is 18.8 Å². The maximum atomic E-state index is 13.5. The van der Waals surface area contributed by atoms with E-state index in [-0.39, 0.29) is 6.61 Å².